The van der Waals surface area contributed by atoms with Gasteiger partial charge in [0.1, 0.15) is 28.2 Å². The van der Waals surface area contributed by atoms with Crippen molar-refractivity contribution in [3.63, 3.8) is 0 Å². The van der Waals surface area contributed by atoms with Crippen molar-refractivity contribution in [3.8, 4) is 17.2 Å². The summed E-state index contributed by atoms with van der Waals surface area (Å²) in [6.07, 6.45) is 0.581. The minimum Gasteiger partial charge on any atom is -0.507 e. The average molecular weight is 511 g/mol. The van der Waals surface area contributed by atoms with Crippen LogP contribution in [0.3, 0.4) is 0 Å². The molecule has 0 bridgehead atoms. The largest absolute Gasteiger partial charge is 0.507 e. The Labute approximate surface area is 192 Å². The van der Waals surface area contributed by atoms with Gasteiger partial charge in [-0.1, -0.05) is 15.9 Å². The summed E-state index contributed by atoms with van der Waals surface area (Å²) in [5.74, 6) is 0.728. The molecule has 0 spiro atoms. The number of aromatic hydroxyl groups is 1. The second-order valence-electron chi connectivity index (χ2n) is 5.76. The number of esters is 2. The van der Waals surface area contributed by atoms with Gasteiger partial charge in [0.2, 0.25) is 5.76 Å². The van der Waals surface area contributed by atoms with Gasteiger partial charge in [0.05, 0.1) is 34.0 Å². The third kappa shape index (κ3) is 7.95. The maximum absolute atomic E-state index is 11.2. The molecular formula is C22H23BrO9. The first kappa shape index (κ1) is 26.5. The van der Waals surface area contributed by atoms with E-state index in [1.807, 2.05) is 0 Å². The number of phenolic OH excluding ortho intramolecular Hbond substituents is 1. The Balaban J connectivity index is 0.000000265. The monoisotopic (exact) mass is 510 g/mol. The first-order valence-corrected chi connectivity index (χ1v) is 10.1. The van der Waals surface area contributed by atoms with E-state index in [9.17, 15) is 14.4 Å². The molecule has 1 aromatic heterocycles. The summed E-state index contributed by atoms with van der Waals surface area (Å²) >= 11 is 2.90. The first-order valence-electron chi connectivity index (χ1n) is 8.94. The number of hydrogen-bond donors (Lipinski definition) is 1. The number of fused-ring (bicyclic) bond motifs is 1. The lowest BCUT2D eigenvalue weighted by Crippen LogP contribution is -1.99. The zero-order chi connectivity index (χ0) is 24.1. The molecule has 172 valence electrons. The average Bonchev–Trinajstić information content (AvgIpc) is 3.27. The summed E-state index contributed by atoms with van der Waals surface area (Å²) in [4.78, 5) is 31.4. The van der Waals surface area contributed by atoms with E-state index in [1.54, 1.807) is 37.4 Å². The molecule has 0 saturated heterocycles. The lowest BCUT2D eigenvalue weighted by atomic mass is 10.2. The van der Waals surface area contributed by atoms with Crippen LogP contribution in [0.5, 0.6) is 17.2 Å². The molecule has 1 N–H and O–H groups in total. The molecule has 0 aliphatic heterocycles. The van der Waals surface area contributed by atoms with Gasteiger partial charge in [0.25, 0.3) is 0 Å². The number of rotatable bonds is 5. The molecule has 0 fully saturated rings. The van der Waals surface area contributed by atoms with Crippen molar-refractivity contribution in [1.29, 1.82) is 0 Å². The molecule has 0 atom stereocenters. The molecule has 0 amide bonds. The molecule has 0 unspecified atom stereocenters. The first-order chi connectivity index (χ1) is 15.3. The molecule has 1 heterocycles. The zero-order valence-corrected chi connectivity index (χ0v) is 19.5. The van der Waals surface area contributed by atoms with Gasteiger partial charge in [-0.25, -0.2) is 4.79 Å². The van der Waals surface area contributed by atoms with Crippen LogP contribution in [0.25, 0.3) is 11.0 Å². The predicted octanol–water partition coefficient (Wildman–Crippen LogP) is 4.00. The Hall–Kier alpha value is -3.53. The van der Waals surface area contributed by atoms with Gasteiger partial charge < -0.3 is 28.5 Å². The number of hydrogen-bond acceptors (Lipinski definition) is 9. The normalized spacial score (nSPS) is 9.41. The molecule has 10 heteroatoms. The van der Waals surface area contributed by atoms with Crippen molar-refractivity contribution >= 4 is 45.1 Å². The second kappa shape index (κ2) is 13.7. The van der Waals surface area contributed by atoms with Gasteiger partial charge >= 0.3 is 11.9 Å². The van der Waals surface area contributed by atoms with Crippen LogP contribution in [-0.4, -0.2) is 57.1 Å². The summed E-state index contributed by atoms with van der Waals surface area (Å²) in [6, 6.07) is 11.4. The molecule has 2 aromatic carbocycles. The van der Waals surface area contributed by atoms with Gasteiger partial charge in [0.15, 0.2) is 6.29 Å². The third-order valence-corrected chi connectivity index (χ3v) is 4.27. The van der Waals surface area contributed by atoms with Crippen molar-refractivity contribution in [2.75, 3.05) is 33.8 Å². The van der Waals surface area contributed by atoms with Crippen molar-refractivity contribution < 1.29 is 42.9 Å². The van der Waals surface area contributed by atoms with Gasteiger partial charge in [0, 0.05) is 5.39 Å². The highest BCUT2D eigenvalue weighted by atomic mass is 79.9. The molecule has 0 aliphatic rings. The SMILES string of the molecule is COC(=O)CBr.COC(=O)c1cc2cc(OC)ccc2o1.COc1ccc(O)c(C=O)c1. The van der Waals surface area contributed by atoms with E-state index in [-0.39, 0.29) is 28.4 Å². The Morgan fingerprint density at radius 1 is 0.969 bits per heavy atom. The van der Waals surface area contributed by atoms with Crippen LogP contribution in [0.15, 0.2) is 46.9 Å². The number of carbonyl (C=O) groups is 3. The van der Waals surface area contributed by atoms with Crippen LogP contribution in [0.4, 0.5) is 0 Å². The van der Waals surface area contributed by atoms with Crippen LogP contribution >= 0.6 is 15.9 Å². The number of alkyl halides is 1. The Bertz CT molecular complexity index is 1040. The quantitative estimate of drug-likeness (QED) is 0.308. The fraction of sp³-hybridized carbons (Fsp3) is 0.227. The van der Waals surface area contributed by atoms with Crippen LogP contribution < -0.4 is 9.47 Å². The van der Waals surface area contributed by atoms with Crippen LogP contribution in [0.1, 0.15) is 20.9 Å². The number of carbonyl (C=O) groups excluding carboxylic acids is 3. The fourth-order valence-electron chi connectivity index (χ4n) is 2.16. The molecule has 0 saturated carbocycles. The van der Waals surface area contributed by atoms with E-state index in [4.69, 9.17) is 19.0 Å². The maximum atomic E-state index is 11.2. The minimum absolute atomic E-state index is 0.0270. The van der Waals surface area contributed by atoms with Crippen LogP contribution in [0.2, 0.25) is 0 Å². The van der Waals surface area contributed by atoms with Gasteiger partial charge in [-0.3, -0.25) is 9.59 Å². The molecule has 0 aliphatic carbocycles. The fourth-order valence-corrected chi connectivity index (χ4v) is 2.39. The van der Waals surface area contributed by atoms with E-state index < -0.39 is 5.97 Å². The lowest BCUT2D eigenvalue weighted by molar-refractivity contribution is -0.137. The number of methoxy groups -OCH3 is 4. The summed E-state index contributed by atoms with van der Waals surface area (Å²) in [5, 5.41) is 10.1. The van der Waals surface area contributed by atoms with Crippen molar-refractivity contribution in [1.82, 2.24) is 0 Å². The number of aldehydes is 1. The summed E-state index contributed by atoms with van der Waals surface area (Å²) in [5.41, 5.74) is 0.876. The van der Waals surface area contributed by atoms with E-state index in [0.717, 1.165) is 11.1 Å². The lowest BCUT2D eigenvalue weighted by Gasteiger charge is -2.00. The van der Waals surface area contributed by atoms with Crippen molar-refractivity contribution in [2.24, 2.45) is 0 Å². The Morgan fingerprint density at radius 3 is 2.09 bits per heavy atom. The molecule has 0 radical (unpaired) electrons. The maximum Gasteiger partial charge on any atom is 0.373 e. The van der Waals surface area contributed by atoms with Crippen LogP contribution in [0, 0.1) is 0 Å². The highest BCUT2D eigenvalue weighted by molar-refractivity contribution is 9.09. The predicted molar refractivity (Wildman–Crippen MR) is 120 cm³/mol. The smallest absolute Gasteiger partial charge is 0.373 e. The number of furan rings is 1. The van der Waals surface area contributed by atoms with Gasteiger partial charge in [-0.15, -0.1) is 0 Å². The second-order valence-corrected chi connectivity index (χ2v) is 6.32. The number of halogens is 1. The molecule has 3 aromatic rings. The third-order valence-electron chi connectivity index (χ3n) is 3.81. The molecular weight excluding hydrogens is 488 g/mol. The summed E-state index contributed by atoms with van der Waals surface area (Å²) < 4.78 is 24.0. The molecule has 32 heavy (non-hydrogen) atoms. The standard InChI is InChI=1S/C11H10O4.C8H8O3.C3H5BrO2/c1-13-8-3-4-9-7(5-8)6-10(15-9)11(12)14-2;1-11-7-2-3-8(10)6(4-7)5-9;1-6-3(5)2-4/h3-6H,1-2H3;2-5,10H,1H3;2H2,1H3. The van der Waals surface area contributed by atoms with Crippen molar-refractivity contribution in [3.05, 3.63) is 53.8 Å². The van der Waals surface area contributed by atoms with Gasteiger partial charge in [-0.2, -0.15) is 0 Å². The number of benzene rings is 2. The van der Waals surface area contributed by atoms with E-state index in [2.05, 4.69) is 25.4 Å². The Morgan fingerprint density at radius 2 is 1.59 bits per heavy atom. The van der Waals surface area contributed by atoms with E-state index in [0.29, 0.717) is 17.6 Å². The topological polar surface area (TPSA) is 122 Å². The van der Waals surface area contributed by atoms with Gasteiger partial charge in [-0.05, 0) is 42.5 Å². The van der Waals surface area contributed by atoms with E-state index in [1.165, 1.54) is 33.5 Å². The highest BCUT2D eigenvalue weighted by Crippen LogP contribution is 2.24. The number of phenols is 1. The van der Waals surface area contributed by atoms with Crippen LogP contribution in [-0.2, 0) is 14.3 Å². The van der Waals surface area contributed by atoms with E-state index >= 15 is 0 Å². The zero-order valence-electron chi connectivity index (χ0n) is 17.9. The van der Waals surface area contributed by atoms with Crippen molar-refractivity contribution in [2.45, 2.75) is 0 Å². The number of ether oxygens (including phenoxy) is 4. The molecule has 3 rings (SSSR count). The minimum atomic E-state index is -0.481. The summed E-state index contributed by atoms with van der Waals surface area (Å²) in [6.45, 7) is 0. The molecule has 9 nitrogen and oxygen atoms in total. The Kier molecular flexibility index (Phi) is 11.4. The summed E-state index contributed by atoms with van der Waals surface area (Å²) in [7, 11) is 5.75. The highest BCUT2D eigenvalue weighted by Gasteiger charge is 2.12.